The van der Waals surface area contributed by atoms with Crippen LogP contribution in [0.25, 0.3) is 5.57 Å². The van der Waals surface area contributed by atoms with Gasteiger partial charge in [0.15, 0.2) is 0 Å². The third-order valence-corrected chi connectivity index (χ3v) is 5.47. The summed E-state index contributed by atoms with van der Waals surface area (Å²) in [5, 5.41) is 3.23. The molecule has 1 heterocycles. The molecule has 0 radical (unpaired) electrons. The first-order valence-corrected chi connectivity index (χ1v) is 9.84. The maximum Gasteiger partial charge on any atom is 0.278 e. The lowest BCUT2D eigenvalue weighted by Gasteiger charge is -2.15. The Hall–Kier alpha value is -2.92. The lowest BCUT2D eigenvalue weighted by molar-refractivity contribution is -0.136. The van der Waals surface area contributed by atoms with Crippen LogP contribution in [0.15, 0.2) is 42.1 Å². The molecule has 0 bridgehead atoms. The Morgan fingerprint density at radius 2 is 1.52 bits per heavy atom. The van der Waals surface area contributed by atoms with Gasteiger partial charge in [0.2, 0.25) is 0 Å². The summed E-state index contributed by atoms with van der Waals surface area (Å²) in [4.78, 5) is 27.7. The number of carbonyl (C=O) groups is 2. The van der Waals surface area contributed by atoms with Gasteiger partial charge in [-0.05, 0) is 74.1 Å². The van der Waals surface area contributed by atoms with E-state index >= 15 is 0 Å². The minimum atomic E-state index is -0.294. The third-order valence-electron chi connectivity index (χ3n) is 5.47. The Bertz CT molecular complexity index is 992. The number of benzene rings is 2. The van der Waals surface area contributed by atoms with Crippen LogP contribution in [0.2, 0.25) is 0 Å². The molecule has 5 heteroatoms. The van der Waals surface area contributed by atoms with Crippen molar-refractivity contribution in [1.82, 2.24) is 4.90 Å². The number of hydrogen-bond acceptors (Lipinski definition) is 4. The fourth-order valence-corrected chi connectivity index (χ4v) is 3.39. The molecule has 5 nitrogen and oxygen atoms in total. The minimum Gasteiger partial charge on any atom is -0.385 e. The molecule has 2 aromatic carbocycles. The second-order valence-electron chi connectivity index (χ2n) is 7.58. The maximum atomic E-state index is 13.2. The normalized spacial score (nSPS) is 14.2. The number of nitrogens with zero attached hydrogens (tertiary/aromatic N) is 1. The molecule has 3 rings (SSSR count). The van der Waals surface area contributed by atoms with Gasteiger partial charge < -0.3 is 10.1 Å². The van der Waals surface area contributed by atoms with Crippen LogP contribution in [0.4, 0.5) is 5.69 Å². The van der Waals surface area contributed by atoms with Gasteiger partial charge in [-0.3, -0.25) is 14.5 Å². The number of ether oxygens (including phenoxy) is 1. The van der Waals surface area contributed by atoms with Crippen LogP contribution in [0.5, 0.6) is 0 Å². The minimum absolute atomic E-state index is 0.263. The molecule has 0 saturated heterocycles. The Kier molecular flexibility index (Phi) is 6.18. The van der Waals surface area contributed by atoms with Gasteiger partial charge in [-0.2, -0.15) is 0 Å². The van der Waals surface area contributed by atoms with E-state index in [1.165, 1.54) is 10.5 Å². The monoisotopic (exact) mass is 392 g/mol. The first-order valence-electron chi connectivity index (χ1n) is 9.84. The van der Waals surface area contributed by atoms with Crippen LogP contribution in [-0.4, -0.2) is 37.0 Å². The molecular formula is C24H28N2O3. The van der Waals surface area contributed by atoms with Crippen molar-refractivity contribution in [2.45, 2.75) is 34.1 Å². The van der Waals surface area contributed by atoms with Gasteiger partial charge in [0.05, 0.1) is 5.57 Å². The Morgan fingerprint density at radius 1 is 0.862 bits per heavy atom. The number of carbonyl (C=O) groups excluding carboxylic acids is 2. The smallest absolute Gasteiger partial charge is 0.278 e. The van der Waals surface area contributed by atoms with Crippen LogP contribution >= 0.6 is 0 Å². The average molecular weight is 392 g/mol. The molecule has 1 N–H and O–H groups in total. The summed E-state index contributed by atoms with van der Waals surface area (Å²) in [6, 6.07) is 11.8. The van der Waals surface area contributed by atoms with Crippen molar-refractivity contribution in [3.63, 3.8) is 0 Å². The summed E-state index contributed by atoms with van der Waals surface area (Å²) >= 11 is 0. The Balaban J connectivity index is 2.03. The van der Waals surface area contributed by atoms with E-state index in [-0.39, 0.29) is 11.8 Å². The van der Waals surface area contributed by atoms with E-state index in [2.05, 4.69) is 5.32 Å². The molecule has 0 atom stereocenters. The molecule has 0 unspecified atom stereocenters. The average Bonchev–Trinajstić information content (AvgIpc) is 2.91. The van der Waals surface area contributed by atoms with Gasteiger partial charge >= 0.3 is 0 Å². The van der Waals surface area contributed by atoms with Crippen molar-refractivity contribution in [2.75, 3.05) is 25.6 Å². The summed E-state index contributed by atoms with van der Waals surface area (Å²) in [5.74, 6) is -0.557. The topological polar surface area (TPSA) is 58.6 Å². The molecule has 1 aliphatic heterocycles. The Labute approximate surface area is 172 Å². The summed E-state index contributed by atoms with van der Waals surface area (Å²) in [5.41, 5.74) is 6.83. The fourth-order valence-electron chi connectivity index (χ4n) is 3.39. The number of imide groups is 1. The van der Waals surface area contributed by atoms with Crippen molar-refractivity contribution in [3.05, 3.63) is 69.9 Å². The van der Waals surface area contributed by atoms with E-state index in [9.17, 15) is 9.59 Å². The number of anilines is 1. The lowest BCUT2D eigenvalue weighted by atomic mass is 9.99. The molecule has 0 saturated carbocycles. The second kappa shape index (κ2) is 8.62. The van der Waals surface area contributed by atoms with E-state index in [1.807, 2.05) is 64.1 Å². The van der Waals surface area contributed by atoms with Gasteiger partial charge in [0.25, 0.3) is 11.8 Å². The van der Waals surface area contributed by atoms with Gasteiger partial charge in [-0.15, -0.1) is 0 Å². The largest absolute Gasteiger partial charge is 0.385 e. The number of methoxy groups -OCH3 is 1. The number of amides is 2. The third kappa shape index (κ3) is 4.25. The lowest BCUT2D eigenvalue weighted by Crippen LogP contribution is -2.33. The molecule has 0 aliphatic carbocycles. The van der Waals surface area contributed by atoms with Gasteiger partial charge in [-0.1, -0.05) is 24.3 Å². The van der Waals surface area contributed by atoms with Crippen LogP contribution in [0, 0.1) is 27.7 Å². The SMILES string of the molecule is COCCCN1C(=O)C(Nc2ccc(C)c(C)c2)=C(c2ccc(C)c(C)c2)C1=O. The first-order chi connectivity index (χ1) is 13.8. The Morgan fingerprint density at radius 3 is 2.14 bits per heavy atom. The highest BCUT2D eigenvalue weighted by Gasteiger charge is 2.38. The van der Waals surface area contributed by atoms with E-state index in [0.717, 1.165) is 27.9 Å². The standard InChI is InChI=1S/C24H28N2O3/c1-15-7-9-19(13-17(15)3)21-22(25-20-10-8-16(2)18(4)14-20)24(28)26(23(21)27)11-6-12-29-5/h7-10,13-14,25H,6,11-12H2,1-5H3. The zero-order valence-corrected chi connectivity index (χ0v) is 17.8. The summed E-state index contributed by atoms with van der Waals surface area (Å²) in [6.07, 6.45) is 0.602. The molecule has 0 aromatic heterocycles. The first kappa shape index (κ1) is 20.8. The zero-order chi connectivity index (χ0) is 21.1. The summed E-state index contributed by atoms with van der Waals surface area (Å²) < 4.78 is 5.08. The van der Waals surface area contributed by atoms with Crippen molar-refractivity contribution in [1.29, 1.82) is 0 Å². The fraction of sp³-hybridized carbons (Fsp3) is 0.333. The van der Waals surface area contributed by atoms with Crippen LogP contribution in [0.1, 0.15) is 34.2 Å². The van der Waals surface area contributed by atoms with E-state index in [1.54, 1.807) is 7.11 Å². The highest BCUT2D eigenvalue weighted by atomic mass is 16.5. The van der Waals surface area contributed by atoms with Crippen LogP contribution in [-0.2, 0) is 14.3 Å². The van der Waals surface area contributed by atoms with Gasteiger partial charge in [0.1, 0.15) is 5.70 Å². The molecule has 29 heavy (non-hydrogen) atoms. The summed E-state index contributed by atoms with van der Waals surface area (Å²) in [6.45, 7) is 8.93. The highest BCUT2D eigenvalue weighted by molar-refractivity contribution is 6.36. The number of hydrogen-bond donors (Lipinski definition) is 1. The van der Waals surface area contributed by atoms with E-state index in [4.69, 9.17) is 4.74 Å². The zero-order valence-electron chi connectivity index (χ0n) is 17.8. The maximum absolute atomic E-state index is 13.2. The molecule has 2 amide bonds. The summed E-state index contributed by atoms with van der Waals surface area (Å²) in [7, 11) is 1.61. The van der Waals surface area contributed by atoms with Crippen LogP contribution < -0.4 is 5.32 Å². The number of aryl methyl sites for hydroxylation is 4. The molecule has 1 aliphatic rings. The van der Waals surface area contributed by atoms with Crippen molar-refractivity contribution in [3.8, 4) is 0 Å². The van der Waals surface area contributed by atoms with E-state index < -0.39 is 0 Å². The van der Waals surface area contributed by atoms with Crippen molar-refractivity contribution < 1.29 is 14.3 Å². The molecule has 152 valence electrons. The van der Waals surface area contributed by atoms with Crippen molar-refractivity contribution >= 4 is 23.1 Å². The molecular weight excluding hydrogens is 364 g/mol. The van der Waals surface area contributed by atoms with Crippen molar-refractivity contribution in [2.24, 2.45) is 0 Å². The predicted octanol–water partition coefficient (Wildman–Crippen LogP) is 4.15. The highest BCUT2D eigenvalue weighted by Crippen LogP contribution is 2.32. The number of nitrogens with one attached hydrogen (secondary N) is 1. The molecule has 0 fully saturated rings. The molecule has 2 aromatic rings. The molecule has 0 spiro atoms. The van der Waals surface area contributed by atoms with E-state index in [0.29, 0.717) is 30.8 Å². The van der Waals surface area contributed by atoms with Crippen LogP contribution in [0.3, 0.4) is 0 Å². The van der Waals surface area contributed by atoms with Gasteiger partial charge in [0, 0.05) is 25.9 Å². The second-order valence-corrected chi connectivity index (χ2v) is 7.58. The van der Waals surface area contributed by atoms with Gasteiger partial charge in [-0.25, -0.2) is 0 Å². The predicted molar refractivity (Wildman–Crippen MR) is 116 cm³/mol. The quantitative estimate of drug-likeness (QED) is 0.568. The number of rotatable bonds is 7.